The number of halogens is 3. The van der Waals surface area contributed by atoms with Crippen molar-refractivity contribution >= 4 is 57.0 Å². The maximum absolute atomic E-state index is 13.9. The molecule has 24 heavy (non-hydrogen) atoms. The summed E-state index contributed by atoms with van der Waals surface area (Å²) in [6, 6.07) is 12.1. The first-order valence-corrected chi connectivity index (χ1v) is 9.68. The molecule has 1 heterocycles. The van der Waals surface area contributed by atoms with E-state index in [0.717, 1.165) is 3.57 Å². The van der Waals surface area contributed by atoms with Crippen LogP contribution in [0.15, 0.2) is 47.5 Å². The quantitative estimate of drug-likeness (QED) is 0.597. The number of amides is 1. The molecule has 0 bridgehead atoms. The fraction of sp³-hybridized carbons (Fsp3) is 0.176. The summed E-state index contributed by atoms with van der Waals surface area (Å²) in [4.78, 5) is 18.8. The number of carbonyl (C=O) groups excluding carboxylic acids is 1. The molecule has 2 aromatic rings. The Labute approximate surface area is 162 Å². The van der Waals surface area contributed by atoms with Crippen LogP contribution in [0.4, 0.5) is 4.39 Å². The largest absolute Gasteiger partial charge is 0.286 e. The van der Waals surface area contributed by atoms with E-state index in [1.807, 2.05) is 18.2 Å². The number of amidine groups is 1. The molecule has 3 nitrogen and oxygen atoms in total. The average Bonchev–Trinajstić information content (AvgIpc) is 3.03. The van der Waals surface area contributed by atoms with Gasteiger partial charge in [0.2, 0.25) is 0 Å². The van der Waals surface area contributed by atoms with E-state index in [-0.39, 0.29) is 11.7 Å². The number of benzene rings is 2. The molecule has 0 radical (unpaired) electrons. The third-order valence-electron chi connectivity index (χ3n) is 3.56. The van der Waals surface area contributed by atoms with Gasteiger partial charge in [-0.2, -0.15) is 0 Å². The summed E-state index contributed by atoms with van der Waals surface area (Å²) < 4.78 is 14.8. The van der Waals surface area contributed by atoms with Crippen molar-refractivity contribution in [2.45, 2.75) is 5.75 Å². The number of rotatable bonds is 3. The van der Waals surface area contributed by atoms with Crippen molar-refractivity contribution in [1.29, 1.82) is 0 Å². The lowest BCUT2D eigenvalue weighted by molar-refractivity contribution is 0.0859. The molecular weight excluding hydrogens is 462 g/mol. The summed E-state index contributed by atoms with van der Waals surface area (Å²) in [5.41, 5.74) is 1.08. The zero-order valence-corrected chi connectivity index (χ0v) is 16.2. The predicted octanol–water partition coefficient (Wildman–Crippen LogP) is 4.83. The molecule has 2 aromatic carbocycles. The number of carbonyl (C=O) groups is 1. The summed E-state index contributed by atoms with van der Waals surface area (Å²) in [7, 11) is 0. The summed E-state index contributed by atoms with van der Waals surface area (Å²) >= 11 is 9.53. The molecule has 0 aliphatic carbocycles. The van der Waals surface area contributed by atoms with E-state index in [2.05, 4.69) is 27.6 Å². The second-order valence-electron chi connectivity index (χ2n) is 5.09. The van der Waals surface area contributed by atoms with Gasteiger partial charge in [-0.25, -0.2) is 4.39 Å². The Morgan fingerprint density at radius 1 is 1.29 bits per heavy atom. The van der Waals surface area contributed by atoms with Crippen molar-refractivity contribution < 1.29 is 9.18 Å². The fourth-order valence-corrected chi connectivity index (χ4v) is 4.33. The van der Waals surface area contributed by atoms with E-state index in [1.54, 1.807) is 23.1 Å². The van der Waals surface area contributed by atoms with Gasteiger partial charge in [0, 0.05) is 26.5 Å². The van der Waals surface area contributed by atoms with Gasteiger partial charge in [0.1, 0.15) is 5.82 Å². The second-order valence-corrected chi connectivity index (χ2v) is 7.60. The molecule has 0 fully saturated rings. The lowest BCUT2D eigenvalue weighted by Crippen LogP contribution is -2.33. The molecule has 1 amide bonds. The van der Waals surface area contributed by atoms with Gasteiger partial charge >= 0.3 is 0 Å². The predicted molar refractivity (Wildman–Crippen MR) is 105 cm³/mol. The third kappa shape index (κ3) is 3.75. The Balaban J connectivity index is 1.75. The lowest BCUT2D eigenvalue weighted by Gasteiger charge is -2.18. The number of nitrogens with zero attached hydrogens (tertiary/aromatic N) is 2. The van der Waals surface area contributed by atoms with Crippen LogP contribution in [-0.2, 0) is 5.75 Å². The highest BCUT2D eigenvalue weighted by Crippen LogP contribution is 2.27. The van der Waals surface area contributed by atoms with Crippen LogP contribution in [0.3, 0.4) is 0 Å². The van der Waals surface area contributed by atoms with Crippen LogP contribution in [0.25, 0.3) is 0 Å². The zero-order chi connectivity index (χ0) is 17.1. The summed E-state index contributed by atoms with van der Waals surface area (Å²) in [5, 5.41) is 0.996. The van der Waals surface area contributed by atoms with Crippen LogP contribution in [0.5, 0.6) is 0 Å². The van der Waals surface area contributed by atoms with Crippen molar-refractivity contribution in [3.63, 3.8) is 0 Å². The standard InChI is InChI=1S/C17H13ClFIN2OS/c18-13-5-3-6-14(19)12(13)10-24-17-21-8-9-22(17)16(23)11-4-1-2-7-15(11)20/h1-7H,8-10H2. The molecule has 0 spiro atoms. The highest BCUT2D eigenvalue weighted by atomic mass is 127. The summed E-state index contributed by atoms with van der Waals surface area (Å²) in [6.45, 7) is 1.10. The highest BCUT2D eigenvalue weighted by Gasteiger charge is 2.26. The van der Waals surface area contributed by atoms with E-state index in [9.17, 15) is 9.18 Å². The van der Waals surface area contributed by atoms with Crippen LogP contribution in [0.1, 0.15) is 15.9 Å². The van der Waals surface area contributed by atoms with Gasteiger partial charge in [-0.1, -0.05) is 41.6 Å². The van der Waals surface area contributed by atoms with Crippen LogP contribution in [0, 0.1) is 9.39 Å². The Bertz CT molecular complexity index is 795. The van der Waals surface area contributed by atoms with E-state index >= 15 is 0 Å². The molecular formula is C17H13ClFIN2OS. The normalized spacial score (nSPS) is 14.0. The van der Waals surface area contributed by atoms with Gasteiger partial charge in [-0.15, -0.1) is 0 Å². The molecule has 1 aliphatic heterocycles. The van der Waals surface area contributed by atoms with Crippen LogP contribution >= 0.6 is 46.0 Å². The van der Waals surface area contributed by atoms with Crippen LogP contribution in [-0.4, -0.2) is 29.1 Å². The molecule has 1 aliphatic rings. The molecule has 0 atom stereocenters. The van der Waals surface area contributed by atoms with E-state index in [1.165, 1.54) is 17.8 Å². The first-order chi connectivity index (χ1) is 11.6. The Morgan fingerprint density at radius 3 is 2.83 bits per heavy atom. The molecule has 7 heteroatoms. The molecule has 0 unspecified atom stereocenters. The molecule has 0 aromatic heterocycles. The Hall–Kier alpha value is -1.12. The average molecular weight is 475 g/mol. The molecule has 0 saturated heterocycles. The van der Waals surface area contributed by atoms with Crippen molar-refractivity contribution in [2.75, 3.05) is 13.1 Å². The van der Waals surface area contributed by atoms with Gasteiger partial charge in [0.15, 0.2) is 5.17 Å². The molecule has 124 valence electrons. The monoisotopic (exact) mass is 474 g/mol. The number of hydrogen-bond donors (Lipinski definition) is 0. The first kappa shape index (κ1) is 17.7. The van der Waals surface area contributed by atoms with Gasteiger partial charge in [-0.3, -0.25) is 14.7 Å². The first-order valence-electron chi connectivity index (χ1n) is 7.24. The lowest BCUT2D eigenvalue weighted by atomic mass is 10.2. The van der Waals surface area contributed by atoms with Crippen LogP contribution < -0.4 is 0 Å². The van der Waals surface area contributed by atoms with Crippen molar-refractivity contribution in [3.05, 3.63) is 68.0 Å². The number of hydrogen-bond acceptors (Lipinski definition) is 3. The van der Waals surface area contributed by atoms with Gasteiger partial charge < -0.3 is 0 Å². The Kier molecular flexibility index (Phi) is 5.78. The summed E-state index contributed by atoms with van der Waals surface area (Å²) in [5.74, 6) is -0.0903. The summed E-state index contributed by atoms with van der Waals surface area (Å²) in [6.07, 6.45) is 0. The number of aliphatic imine (C=N–C) groups is 1. The van der Waals surface area contributed by atoms with Gasteiger partial charge in [-0.05, 0) is 46.9 Å². The minimum absolute atomic E-state index is 0.0802. The maximum Gasteiger partial charge on any atom is 0.260 e. The van der Waals surface area contributed by atoms with Crippen molar-refractivity contribution in [1.82, 2.24) is 4.90 Å². The SMILES string of the molecule is O=C(c1ccccc1I)N1CCN=C1SCc1c(F)cccc1Cl. The molecule has 3 rings (SSSR count). The van der Waals surface area contributed by atoms with E-state index < -0.39 is 0 Å². The van der Waals surface area contributed by atoms with Crippen molar-refractivity contribution in [3.8, 4) is 0 Å². The highest BCUT2D eigenvalue weighted by molar-refractivity contribution is 14.1. The van der Waals surface area contributed by atoms with E-state index in [0.29, 0.717) is 40.2 Å². The van der Waals surface area contributed by atoms with E-state index in [4.69, 9.17) is 11.6 Å². The molecule has 0 N–H and O–H groups in total. The van der Waals surface area contributed by atoms with Crippen molar-refractivity contribution in [2.24, 2.45) is 4.99 Å². The topological polar surface area (TPSA) is 32.7 Å². The minimum Gasteiger partial charge on any atom is -0.286 e. The van der Waals surface area contributed by atoms with Crippen LogP contribution in [0.2, 0.25) is 5.02 Å². The van der Waals surface area contributed by atoms with Gasteiger partial charge in [0.25, 0.3) is 5.91 Å². The van der Waals surface area contributed by atoms with Gasteiger partial charge in [0.05, 0.1) is 12.1 Å². The smallest absolute Gasteiger partial charge is 0.260 e. The Morgan fingerprint density at radius 2 is 2.08 bits per heavy atom. The maximum atomic E-state index is 13.9. The minimum atomic E-state index is -0.343. The molecule has 0 saturated carbocycles. The third-order valence-corrected chi connectivity index (χ3v) is 5.89. The zero-order valence-electron chi connectivity index (χ0n) is 12.5. The fourth-order valence-electron chi connectivity index (χ4n) is 2.33. The second kappa shape index (κ2) is 7.84. The number of thioether (sulfide) groups is 1.